The molecule has 0 fully saturated rings. The van der Waals surface area contributed by atoms with Gasteiger partial charge in [-0.2, -0.15) is 0 Å². The number of benzene rings is 1. The number of carbonyl (C=O) groups is 1. The molecule has 0 saturated carbocycles. The van der Waals surface area contributed by atoms with E-state index in [1.54, 1.807) is 6.20 Å². The first-order chi connectivity index (χ1) is 8.74. The van der Waals surface area contributed by atoms with Crippen molar-refractivity contribution in [2.45, 2.75) is 19.3 Å². The monoisotopic (exact) mass is 259 g/mol. The molecule has 0 aliphatic carbocycles. The highest BCUT2D eigenvalue weighted by Gasteiger charge is 2.05. The van der Waals surface area contributed by atoms with Crippen molar-refractivity contribution >= 4 is 17.4 Å². The molecule has 0 saturated heterocycles. The fourth-order valence-corrected chi connectivity index (χ4v) is 1.99. The Kier molecular flexibility index (Phi) is 4.48. The van der Waals surface area contributed by atoms with E-state index >= 15 is 0 Å². The van der Waals surface area contributed by atoms with Crippen molar-refractivity contribution in [1.82, 2.24) is 4.98 Å². The number of rotatable bonds is 5. The number of pyridine rings is 1. The minimum atomic E-state index is 0.211. The fraction of sp³-hybridized carbons (Fsp3) is 0.200. The molecule has 0 spiro atoms. The highest BCUT2D eigenvalue weighted by atomic mass is 35.5. The first-order valence-electron chi connectivity index (χ1n) is 5.90. The van der Waals surface area contributed by atoms with E-state index in [0.717, 1.165) is 11.3 Å². The molecular weight excluding hydrogens is 246 g/mol. The van der Waals surface area contributed by atoms with Crippen LogP contribution in [0.25, 0.3) is 0 Å². The number of ketones is 1. The van der Waals surface area contributed by atoms with Gasteiger partial charge in [0, 0.05) is 29.8 Å². The first kappa shape index (κ1) is 12.8. The minimum Gasteiger partial charge on any atom is -0.299 e. The molecule has 0 atom stereocenters. The Morgan fingerprint density at radius 3 is 2.78 bits per heavy atom. The predicted molar refractivity (Wildman–Crippen MR) is 72.7 cm³/mol. The molecule has 0 N–H and O–H groups in total. The summed E-state index contributed by atoms with van der Waals surface area (Å²) in [6.07, 6.45) is 3.40. The van der Waals surface area contributed by atoms with Gasteiger partial charge in [-0.1, -0.05) is 29.8 Å². The largest absolute Gasteiger partial charge is 0.299 e. The van der Waals surface area contributed by atoms with E-state index in [4.69, 9.17) is 11.6 Å². The third-order valence-corrected chi connectivity index (χ3v) is 2.91. The average molecular weight is 260 g/mol. The van der Waals surface area contributed by atoms with Crippen LogP contribution in [0.3, 0.4) is 0 Å². The van der Waals surface area contributed by atoms with Crippen LogP contribution >= 0.6 is 11.6 Å². The van der Waals surface area contributed by atoms with Gasteiger partial charge in [0.05, 0.1) is 0 Å². The molecule has 0 unspecified atom stereocenters. The summed E-state index contributed by atoms with van der Waals surface area (Å²) in [7, 11) is 0. The second-order valence-corrected chi connectivity index (χ2v) is 4.60. The Balaban J connectivity index is 1.86. The van der Waals surface area contributed by atoms with Crippen LogP contribution in [0.4, 0.5) is 0 Å². The molecule has 92 valence electrons. The smallest absolute Gasteiger partial charge is 0.137 e. The van der Waals surface area contributed by atoms with Gasteiger partial charge in [0.25, 0.3) is 0 Å². The van der Waals surface area contributed by atoms with E-state index in [-0.39, 0.29) is 5.78 Å². The molecule has 0 radical (unpaired) electrons. The van der Waals surface area contributed by atoms with Gasteiger partial charge in [-0.05, 0) is 36.2 Å². The molecular formula is C15H14ClNO. The Bertz CT molecular complexity index is 525. The number of carbonyl (C=O) groups excluding carboxylic acids is 1. The van der Waals surface area contributed by atoms with Crippen LogP contribution in [0.2, 0.25) is 5.02 Å². The zero-order valence-electron chi connectivity index (χ0n) is 9.97. The normalized spacial score (nSPS) is 10.3. The fourth-order valence-electron chi connectivity index (χ4n) is 1.78. The SMILES string of the molecule is O=C(CCc1ccccn1)Cc1cccc(Cl)c1. The third-order valence-electron chi connectivity index (χ3n) is 2.68. The molecule has 3 heteroatoms. The molecule has 2 nitrogen and oxygen atoms in total. The lowest BCUT2D eigenvalue weighted by Crippen LogP contribution is -2.04. The Morgan fingerprint density at radius 2 is 2.06 bits per heavy atom. The Labute approximate surface area is 112 Å². The molecule has 1 aromatic heterocycles. The van der Waals surface area contributed by atoms with Gasteiger partial charge in [-0.25, -0.2) is 0 Å². The standard InChI is InChI=1S/C15H14ClNO/c16-13-5-3-4-12(10-13)11-15(18)8-7-14-6-1-2-9-17-14/h1-6,9-10H,7-8,11H2. The van der Waals surface area contributed by atoms with Crippen LogP contribution in [-0.2, 0) is 17.6 Å². The van der Waals surface area contributed by atoms with Gasteiger partial charge in [0.1, 0.15) is 5.78 Å². The predicted octanol–water partition coefficient (Wildman–Crippen LogP) is 3.48. The lowest BCUT2D eigenvalue weighted by atomic mass is 10.0. The summed E-state index contributed by atoms with van der Waals surface area (Å²) >= 11 is 5.88. The van der Waals surface area contributed by atoms with Gasteiger partial charge in [-0.15, -0.1) is 0 Å². The highest BCUT2D eigenvalue weighted by molar-refractivity contribution is 6.30. The van der Waals surface area contributed by atoms with E-state index in [9.17, 15) is 4.79 Å². The summed E-state index contributed by atoms with van der Waals surface area (Å²) in [5.41, 5.74) is 1.92. The Hall–Kier alpha value is -1.67. The number of nitrogens with zero attached hydrogens (tertiary/aromatic N) is 1. The number of hydrogen-bond acceptors (Lipinski definition) is 2. The molecule has 0 aliphatic rings. The van der Waals surface area contributed by atoms with Gasteiger partial charge in [-0.3, -0.25) is 9.78 Å². The van der Waals surface area contributed by atoms with E-state index < -0.39 is 0 Å². The molecule has 0 aliphatic heterocycles. The van der Waals surface area contributed by atoms with E-state index in [1.165, 1.54) is 0 Å². The number of Topliss-reactive ketones (excluding diaryl/α,β-unsaturated/α-hetero) is 1. The number of halogens is 1. The second kappa shape index (κ2) is 6.31. The maximum absolute atomic E-state index is 11.8. The summed E-state index contributed by atoms with van der Waals surface area (Å²) in [5, 5.41) is 0.671. The third kappa shape index (κ3) is 3.97. The first-order valence-corrected chi connectivity index (χ1v) is 6.28. The average Bonchev–Trinajstić information content (AvgIpc) is 2.38. The van der Waals surface area contributed by atoms with Crippen molar-refractivity contribution in [3.63, 3.8) is 0 Å². The van der Waals surface area contributed by atoms with E-state index in [0.29, 0.717) is 24.3 Å². The van der Waals surface area contributed by atoms with Crippen LogP contribution in [0.15, 0.2) is 48.7 Å². The van der Waals surface area contributed by atoms with Crippen LogP contribution in [0, 0.1) is 0 Å². The maximum atomic E-state index is 11.8. The quantitative estimate of drug-likeness (QED) is 0.823. The maximum Gasteiger partial charge on any atom is 0.137 e. The lowest BCUT2D eigenvalue weighted by molar-refractivity contribution is -0.118. The molecule has 1 aromatic carbocycles. The highest BCUT2D eigenvalue weighted by Crippen LogP contribution is 2.12. The van der Waals surface area contributed by atoms with Crippen LogP contribution in [0.5, 0.6) is 0 Å². The van der Waals surface area contributed by atoms with Crippen molar-refractivity contribution < 1.29 is 4.79 Å². The van der Waals surface area contributed by atoms with E-state index in [1.807, 2.05) is 42.5 Å². The van der Waals surface area contributed by atoms with Crippen molar-refractivity contribution in [3.8, 4) is 0 Å². The van der Waals surface area contributed by atoms with Crippen molar-refractivity contribution in [2.75, 3.05) is 0 Å². The molecule has 2 rings (SSSR count). The van der Waals surface area contributed by atoms with E-state index in [2.05, 4.69) is 4.98 Å². The number of hydrogen-bond donors (Lipinski definition) is 0. The molecule has 2 aromatic rings. The number of aryl methyl sites for hydroxylation is 1. The van der Waals surface area contributed by atoms with Crippen molar-refractivity contribution in [2.24, 2.45) is 0 Å². The minimum absolute atomic E-state index is 0.211. The molecule has 0 amide bonds. The summed E-state index contributed by atoms with van der Waals surface area (Å²) < 4.78 is 0. The Morgan fingerprint density at radius 1 is 1.17 bits per heavy atom. The molecule has 18 heavy (non-hydrogen) atoms. The zero-order chi connectivity index (χ0) is 12.8. The van der Waals surface area contributed by atoms with Gasteiger partial charge >= 0.3 is 0 Å². The van der Waals surface area contributed by atoms with Crippen molar-refractivity contribution in [3.05, 3.63) is 64.9 Å². The lowest BCUT2D eigenvalue weighted by Gasteiger charge is -2.02. The summed E-state index contributed by atoms with van der Waals surface area (Å²) in [4.78, 5) is 16.0. The van der Waals surface area contributed by atoms with Gasteiger partial charge in [0.2, 0.25) is 0 Å². The summed E-state index contributed by atoms with van der Waals surface area (Å²) in [6, 6.07) is 13.2. The van der Waals surface area contributed by atoms with Gasteiger partial charge in [0.15, 0.2) is 0 Å². The van der Waals surface area contributed by atoms with Crippen LogP contribution in [0.1, 0.15) is 17.7 Å². The second-order valence-electron chi connectivity index (χ2n) is 4.17. The van der Waals surface area contributed by atoms with Gasteiger partial charge < -0.3 is 0 Å². The summed E-state index contributed by atoms with van der Waals surface area (Å²) in [6.45, 7) is 0. The van der Waals surface area contributed by atoms with Crippen LogP contribution < -0.4 is 0 Å². The summed E-state index contributed by atoms with van der Waals surface area (Å²) in [5.74, 6) is 0.211. The molecule has 0 bridgehead atoms. The number of aromatic nitrogens is 1. The molecule has 1 heterocycles. The van der Waals surface area contributed by atoms with Crippen molar-refractivity contribution in [1.29, 1.82) is 0 Å². The topological polar surface area (TPSA) is 30.0 Å². The van der Waals surface area contributed by atoms with Crippen LogP contribution in [-0.4, -0.2) is 10.8 Å². The zero-order valence-corrected chi connectivity index (χ0v) is 10.7.